The van der Waals surface area contributed by atoms with Gasteiger partial charge in [0.2, 0.25) is 5.91 Å². The third-order valence-electron chi connectivity index (χ3n) is 5.37. The van der Waals surface area contributed by atoms with Gasteiger partial charge < -0.3 is 10.2 Å². The van der Waals surface area contributed by atoms with E-state index < -0.39 is 0 Å². The lowest BCUT2D eigenvalue weighted by atomic mass is 9.80. The minimum Gasteiger partial charge on any atom is -0.363 e. The molecule has 4 rings (SSSR count). The Bertz CT molecular complexity index is 788. The molecule has 25 heavy (non-hydrogen) atoms. The fraction of sp³-hybridized carbons (Fsp3) is 0.400. The van der Waals surface area contributed by atoms with Crippen LogP contribution in [-0.4, -0.2) is 16.9 Å². The molecule has 2 aromatic rings. The van der Waals surface area contributed by atoms with Gasteiger partial charge in [0.15, 0.2) is 0 Å². The molecule has 0 bridgehead atoms. The molecule has 5 heteroatoms. The van der Waals surface area contributed by atoms with Crippen molar-refractivity contribution in [3.05, 3.63) is 53.2 Å². The average Bonchev–Trinajstić information content (AvgIpc) is 3.43. The molecular formula is C20H22ClN3O. The van der Waals surface area contributed by atoms with Gasteiger partial charge in [-0.3, -0.25) is 4.79 Å². The summed E-state index contributed by atoms with van der Waals surface area (Å²) in [6, 6.07) is 12.3. The topological polar surface area (TPSA) is 45.2 Å². The highest BCUT2D eigenvalue weighted by molar-refractivity contribution is 6.30. The average molecular weight is 356 g/mol. The van der Waals surface area contributed by atoms with Crippen molar-refractivity contribution < 1.29 is 4.79 Å². The van der Waals surface area contributed by atoms with Gasteiger partial charge >= 0.3 is 0 Å². The molecule has 130 valence electrons. The zero-order valence-corrected chi connectivity index (χ0v) is 15.2. The first-order valence-corrected chi connectivity index (χ1v) is 9.21. The predicted octanol–water partition coefficient (Wildman–Crippen LogP) is 4.67. The normalized spacial score (nSPS) is 25.4. The highest BCUT2D eigenvalue weighted by atomic mass is 35.5. The van der Waals surface area contributed by atoms with Crippen LogP contribution in [0, 0.1) is 11.8 Å². The van der Waals surface area contributed by atoms with E-state index in [-0.39, 0.29) is 18.0 Å². The molecule has 0 saturated heterocycles. The fourth-order valence-corrected chi connectivity index (χ4v) is 4.24. The molecule has 1 saturated carbocycles. The SMILES string of the molecule is CC(=O)N1c2ccccc2C(Nc2ccc(Cl)cn2)C(C)[C@@H]1C1CC1. The zero-order chi connectivity index (χ0) is 17.6. The molecule has 1 aliphatic carbocycles. The number of para-hydroxylation sites is 1. The van der Waals surface area contributed by atoms with Crippen molar-refractivity contribution >= 4 is 29.0 Å². The van der Waals surface area contributed by atoms with Crippen LogP contribution in [0.2, 0.25) is 5.02 Å². The monoisotopic (exact) mass is 355 g/mol. The van der Waals surface area contributed by atoms with E-state index in [4.69, 9.17) is 11.6 Å². The van der Waals surface area contributed by atoms with Gasteiger partial charge in [-0.25, -0.2) is 4.98 Å². The van der Waals surface area contributed by atoms with Crippen molar-refractivity contribution in [2.24, 2.45) is 11.8 Å². The number of amides is 1. The highest BCUT2D eigenvalue weighted by Gasteiger charge is 2.47. The Morgan fingerprint density at radius 2 is 2.00 bits per heavy atom. The Morgan fingerprint density at radius 3 is 2.64 bits per heavy atom. The molecule has 2 unspecified atom stereocenters. The highest BCUT2D eigenvalue weighted by Crippen LogP contribution is 2.49. The number of hydrogen-bond donors (Lipinski definition) is 1. The molecule has 2 heterocycles. The van der Waals surface area contributed by atoms with Gasteiger partial charge in [0.1, 0.15) is 5.82 Å². The Morgan fingerprint density at radius 1 is 1.24 bits per heavy atom. The van der Waals surface area contributed by atoms with Gasteiger partial charge in [-0.2, -0.15) is 0 Å². The number of hydrogen-bond acceptors (Lipinski definition) is 3. The Labute approximate surface area is 153 Å². The van der Waals surface area contributed by atoms with Crippen LogP contribution in [-0.2, 0) is 4.79 Å². The lowest BCUT2D eigenvalue weighted by Gasteiger charge is -2.45. The zero-order valence-electron chi connectivity index (χ0n) is 14.4. The maximum absolute atomic E-state index is 12.4. The second-order valence-corrected chi connectivity index (χ2v) is 7.56. The lowest BCUT2D eigenvalue weighted by molar-refractivity contribution is -0.117. The number of benzene rings is 1. The number of carbonyl (C=O) groups excluding carboxylic acids is 1. The second-order valence-electron chi connectivity index (χ2n) is 7.12. The maximum atomic E-state index is 12.4. The van der Waals surface area contributed by atoms with Gasteiger partial charge in [0, 0.05) is 30.8 Å². The number of halogens is 1. The molecule has 1 aliphatic heterocycles. The third kappa shape index (κ3) is 2.99. The lowest BCUT2D eigenvalue weighted by Crippen LogP contribution is -2.51. The second kappa shape index (κ2) is 6.34. The molecule has 2 aliphatic rings. The Kier molecular flexibility index (Phi) is 4.16. The molecule has 4 nitrogen and oxygen atoms in total. The number of carbonyl (C=O) groups is 1. The van der Waals surface area contributed by atoms with E-state index in [0.717, 1.165) is 17.1 Å². The van der Waals surface area contributed by atoms with Gasteiger partial charge in [-0.1, -0.05) is 36.7 Å². The van der Waals surface area contributed by atoms with Gasteiger partial charge in [0.05, 0.1) is 11.1 Å². The van der Waals surface area contributed by atoms with E-state index in [2.05, 4.69) is 29.4 Å². The van der Waals surface area contributed by atoms with Crippen molar-refractivity contribution in [2.45, 2.75) is 38.8 Å². The number of nitrogens with one attached hydrogen (secondary N) is 1. The predicted molar refractivity (Wildman–Crippen MR) is 101 cm³/mol. The number of aromatic nitrogens is 1. The summed E-state index contributed by atoms with van der Waals surface area (Å²) in [5.74, 6) is 1.82. The van der Waals surface area contributed by atoms with Crippen LogP contribution in [0.5, 0.6) is 0 Å². The summed E-state index contributed by atoms with van der Waals surface area (Å²) in [6.45, 7) is 3.91. The summed E-state index contributed by atoms with van der Waals surface area (Å²) in [4.78, 5) is 18.8. The molecule has 1 aromatic carbocycles. The van der Waals surface area contributed by atoms with E-state index in [1.165, 1.54) is 12.8 Å². The Hall–Kier alpha value is -2.07. The number of nitrogens with zero attached hydrogens (tertiary/aromatic N) is 2. The molecule has 0 radical (unpaired) electrons. The van der Waals surface area contributed by atoms with Crippen molar-refractivity contribution in [3.8, 4) is 0 Å². The van der Waals surface area contributed by atoms with E-state index in [1.807, 2.05) is 29.2 Å². The molecule has 1 N–H and O–H groups in total. The molecule has 1 aromatic heterocycles. The summed E-state index contributed by atoms with van der Waals surface area (Å²) in [7, 11) is 0. The number of anilines is 2. The van der Waals surface area contributed by atoms with E-state index >= 15 is 0 Å². The summed E-state index contributed by atoms with van der Waals surface area (Å²) in [6.07, 6.45) is 4.06. The summed E-state index contributed by atoms with van der Waals surface area (Å²) in [5, 5.41) is 4.20. The first-order valence-electron chi connectivity index (χ1n) is 8.83. The van der Waals surface area contributed by atoms with Gasteiger partial charge in [-0.15, -0.1) is 0 Å². The minimum absolute atomic E-state index is 0.117. The third-order valence-corrected chi connectivity index (χ3v) is 5.59. The van der Waals surface area contributed by atoms with Crippen LogP contribution in [0.3, 0.4) is 0 Å². The maximum Gasteiger partial charge on any atom is 0.224 e. The molecule has 1 amide bonds. The van der Waals surface area contributed by atoms with Crippen molar-refractivity contribution in [3.63, 3.8) is 0 Å². The molecule has 3 atom stereocenters. The standard InChI is InChI=1S/C20H22ClN3O/c1-12-19(23-18-10-9-15(21)11-22-18)16-5-3-4-6-17(16)24(13(2)25)20(12)14-7-8-14/h3-6,9-12,14,19-20H,7-8H2,1-2H3,(H,22,23)/t12?,19?,20-/m1/s1. The van der Waals surface area contributed by atoms with Crippen LogP contribution in [0.25, 0.3) is 0 Å². The van der Waals surface area contributed by atoms with Crippen molar-refractivity contribution in [1.29, 1.82) is 0 Å². The van der Waals surface area contributed by atoms with Crippen LogP contribution >= 0.6 is 11.6 Å². The van der Waals surface area contributed by atoms with Crippen LogP contribution in [0.4, 0.5) is 11.5 Å². The summed E-state index contributed by atoms with van der Waals surface area (Å²) >= 11 is 5.96. The first-order chi connectivity index (χ1) is 12.1. The molecular weight excluding hydrogens is 334 g/mol. The number of pyridine rings is 1. The van der Waals surface area contributed by atoms with Crippen molar-refractivity contribution in [2.75, 3.05) is 10.2 Å². The molecule has 0 spiro atoms. The summed E-state index contributed by atoms with van der Waals surface area (Å²) in [5.41, 5.74) is 2.18. The fourth-order valence-electron chi connectivity index (χ4n) is 4.13. The van der Waals surface area contributed by atoms with Crippen LogP contribution < -0.4 is 10.2 Å². The first kappa shape index (κ1) is 16.4. The summed E-state index contributed by atoms with van der Waals surface area (Å²) < 4.78 is 0. The van der Waals surface area contributed by atoms with Crippen molar-refractivity contribution in [1.82, 2.24) is 4.98 Å². The Balaban J connectivity index is 1.76. The van der Waals surface area contributed by atoms with Gasteiger partial charge in [0.25, 0.3) is 0 Å². The quantitative estimate of drug-likeness (QED) is 0.870. The molecule has 1 fully saturated rings. The van der Waals surface area contributed by atoms with E-state index in [9.17, 15) is 4.79 Å². The largest absolute Gasteiger partial charge is 0.363 e. The number of fused-ring (bicyclic) bond motifs is 1. The van der Waals surface area contributed by atoms with Crippen LogP contribution in [0.15, 0.2) is 42.6 Å². The van der Waals surface area contributed by atoms with Gasteiger partial charge in [-0.05, 0) is 42.5 Å². The van der Waals surface area contributed by atoms with E-state index in [0.29, 0.717) is 16.9 Å². The minimum atomic E-state index is 0.117. The van der Waals surface area contributed by atoms with Crippen LogP contribution in [0.1, 0.15) is 38.3 Å². The smallest absolute Gasteiger partial charge is 0.224 e. The van der Waals surface area contributed by atoms with E-state index in [1.54, 1.807) is 13.1 Å². The number of rotatable bonds is 3.